The monoisotopic (exact) mass is 207 g/mol. The predicted octanol–water partition coefficient (Wildman–Crippen LogP) is 3.57. The van der Waals surface area contributed by atoms with E-state index in [-0.39, 0.29) is 5.41 Å². The minimum absolute atomic E-state index is 0.154. The van der Waals surface area contributed by atoms with Crippen LogP contribution >= 0.6 is 11.6 Å². The summed E-state index contributed by atoms with van der Waals surface area (Å²) in [5, 5.41) is 0.827. The molecule has 1 aromatic rings. The molecule has 1 aliphatic heterocycles. The van der Waals surface area contributed by atoms with Crippen molar-refractivity contribution in [2.75, 3.05) is 0 Å². The first kappa shape index (κ1) is 9.72. The van der Waals surface area contributed by atoms with E-state index in [1.165, 1.54) is 11.1 Å². The summed E-state index contributed by atoms with van der Waals surface area (Å²) in [5.74, 6) is 0. The molecule has 0 bridgehead atoms. The number of rotatable bonds is 0. The number of nitrogens with zero attached hydrogens (tertiary/aromatic N) is 1. The highest BCUT2D eigenvalue weighted by Gasteiger charge is 2.18. The lowest BCUT2D eigenvalue weighted by Gasteiger charge is -2.20. The van der Waals surface area contributed by atoms with Gasteiger partial charge in [-0.05, 0) is 22.6 Å². The van der Waals surface area contributed by atoms with Crippen LogP contribution in [0.1, 0.15) is 37.5 Å². The normalized spacial score (nSPS) is 14.6. The topological polar surface area (TPSA) is 12.4 Å². The molecule has 0 N–H and O–H groups in total. The van der Waals surface area contributed by atoms with Gasteiger partial charge in [-0.1, -0.05) is 38.4 Å². The van der Waals surface area contributed by atoms with Crippen molar-refractivity contribution in [1.29, 1.82) is 0 Å². The van der Waals surface area contributed by atoms with Crippen LogP contribution in [0, 0.1) is 0 Å². The van der Waals surface area contributed by atoms with Crippen molar-refractivity contribution in [3.8, 4) is 0 Å². The summed E-state index contributed by atoms with van der Waals surface area (Å²) in [5.41, 5.74) is 3.79. The van der Waals surface area contributed by atoms with Crippen molar-refractivity contribution < 1.29 is 0 Å². The van der Waals surface area contributed by atoms with E-state index in [1.54, 1.807) is 0 Å². The molecule has 0 aromatic heterocycles. The Balaban J connectivity index is 2.55. The summed E-state index contributed by atoms with van der Waals surface area (Å²) in [6, 6.07) is 4.27. The SMILES string of the molecule is CC(C)(C)c1cc(Cl)c2c(c1)CN=C2. The zero-order chi connectivity index (χ0) is 10.3. The summed E-state index contributed by atoms with van der Waals surface area (Å²) in [4.78, 5) is 4.23. The van der Waals surface area contributed by atoms with Crippen LogP contribution in [0.15, 0.2) is 17.1 Å². The Morgan fingerprint density at radius 2 is 2.00 bits per heavy atom. The Bertz CT molecular complexity index is 400. The molecule has 0 aliphatic carbocycles. The average molecular weight is 208 g/mol. The quantitative estimate of drug-likeness (QED) is 0.617. The minimum atomic E-state index is 0.154. The molecule has 2 rings (SSSR count). The van der Waals surface area contributed by atoms with Gasteiger partial charge in [-0.3, -0.25) is 4.99 Å². The van der Waals surface area contributed by atoms with Crippen molar-refractivity contribution in [2.24, 2.45) is 4.99 Å². The van der Waals surface area contributed by atoms with Crippen molar-refractivity contribution >= 4 is 17.8 Å². The maximum atomic E-state index is 6.19. The molecule has 0 unspecified atom stereocenters. The summed E-state index contributed by atoms with van der Waals surface area (Å²) in [6.07, 6.45) is 1.87. The highest BCUT2D eigenvalue weighted by atomic mass is 35.5. The molecule has 0 fully saturated rings. The highest BCUT2D eigenvalue weighted by molar-refractivity contribution is 6.33. The first-order valence-electron chi connectivity index (χ1n) is 4.81. The third kappa shape index (κ3) is 1.57. The second kappa shape index (κ2) is 3.09. The molecule has 0 radical (unpaired) electrons. The summed E-state index contributed by atoms with van der Waals surface area (Å²) in [6.45, 7) is 7.36. The zero-order valence-electron chi connectivity index (χ0n) is 8.76. The zero-order valence-corrected chi connectivity index (χ0v) is 9.52. The predicted molar refractivity (Wildman–Crippen MR) is 61.5 cm³/mol. The Morgan fingerprint density at radius 1 is 1.29 bits per heavy atom. The maximum Gasteiger partial charge on any atom is 0.0646 e. The van der Waals surface area contributed by atoms with Crippen molar-refractivity contribution in [2.45, 2.75) is 32.7 Å². The van der Waals surface area contributed by atoms with E-state index in [0.717, 1.165) is 17.1 Å². The van der Waals surface area contributed by atoms with Gasteiger partial charge >= 0.3 is 0 Å². The molecule has 74 valence electrons. The van der Waals surface area contributed by atoms with Crippen molar-refractivity contribution in [1.82, 2.24) is 0 Å². The lowest BCUT2D eigenvalue weighted by molar-refractivity contribution is 0.589. The van der Waals surface area contributed by atoms with Gasteiger partial charge in [0, 0.05) is 16.8 Å². The van der Waals surface area contributed by atoms with Gasteiger partial charge in [0.2, 0.25) is 0 Å². The largest absolute Gasteiger partial charge is 0.288 e. The Morgan fingerprint density at radius 3 is 2.64 bits per heavy atom. The Kier molecular flexibility index (Phi) is 2.15. The van der Waals surface area contributed by atoms with E-state index in [0.29, 0.717) is 0 Å². The lowest BCUT2D eigenvalue weighted by atomic mass is 9.85. The molecule has 0 spiro atoms. The van der Waals surface area contributed by atoms with Gasteiger partial charge in [0.15, 0.2) is 0 Å². The van der Waals surface area contributed by atoms with Crippen LogP contribution in [0.2, 0.25) is 5.02 Å². The molecular weight excluding hydrogens is 194 g/mol. The van der Waals surface area contributed by atoms with E-state index >= 15 is 0 Å². The number of fused-ring (bicyclic) bond motifs is 1. The van der Waals surface area contributed by atoms with Gasteiger partial charge in [0.05, 0.1) is 6.54 Å². The van der Waals surface area contributed by atoms with Gasteiger partial charge in [0.25, 0.3) is 0 Å². The van der Waals surface area contributed by atoms with E-state index < -0.39 is 0 Å². The second-order valence-corrected chi connectivity index (χ2v) is 5.16. The van der Waals surface area contributed by atoms with Crippen molar-refractivity contribution in [3.05, 3.63) is 33.8 Å². The van der Waals surface area contributed by atoms with Crippen LogP contribution < -0.4 is 0 Å². The number of hydrogen-bond donors (Lipinski definition) is 0. The fraction of sp³-hybridized carbons (Fsp3) is 0.417. The molecule has 0 amide bonds. The van der Waals surface area contributed by atoms with Gasteiger partial charge in [-0.25, -0.2) is 0 Å². The fourth-order valence-corrected chi connectivity index (χ4v) is 1.91. The smallest absolute Gasteiger partial charge is 0.0646 e. The van der Waals surface area contributed by atoms with E-state index in [4.69, 9.17) is 11.6 Å². The summed E-state index contributed by atoms with van der Waals surface area (Å²) < 4.78 is 0. The van der Waals surface area contributed by atoms with E-state index in [2.05, 4.69) is 37.9 Å². The third-order valence-electron chi connectivity index (χ3n) is 2.56. The molecule has 0 saturated heterocycles. The van der Waals surface area contributed by atoms with Gasteiger partial charge in [-0.2, -0.15) is 0 Å². The molecule has 14 heavy (non-hydrogen) atoms. The van der Waals surface area contributed by atoms with Crippen LogP contribution in [-0.4, -0.2) is 6.21 Å². The van der Waals surface area contributed by atoms with Crippen LogP contribution in [-0.2, 0) is 12.0 Å². The lowest BCUT2D eigenvalue weighted by Crippen LogP contribution is -2.11. The third-order valence-corrected chi connectivity index (χ3v) is 2.88. The fourth-order valence-electron chi connectivity index (χ4n) is 1.62. The number of hydrogen-bond acceptors (Lipinski definition) is 1. The summed E-state index contributed by atoms with van der Waals surface area (Å²) >= 11 is 6.19. The minimum Gasteiger partial charge on any atom is -0.288 e. The van der Waals surface area contributed by atoms with Crippen molar-refractivity contribution in [3.63, 3.8) is 0 Å². The van der Waals surface area contributed by atoms with E-state index in [1.807, 2.05) is 6.21 Å². The Hall–Kier alpha value is -0.820. The number of benzene rings is 1. The van der Waals surface area contributed by atoms with Crippen LogP contribution in [0.3, 0.4) is 0 Å². The molecule has 1 nitrogen and oxygen atoms in total. The first-order valence-corrected chi connectivity index (χ1v) is 5.19. The number of halogens is 1. The number of aliphatic imine (C=N–C) groups is 1. The second-order valence-electron chi connectivity index (χ2n) is 4.75. The summed E-state index contributed by atoms with van der Waals surface area (Å²) in [7, 11) is 0. The molecule has 0 atom stereocenters. The maximum absolute atomic E-state index is 6.19. The van der Waals surface area contributed by atoms with Crippen LogP contribution in [0.25, 0.3) is 0 Å². The van der Waals surface area contributed by atoms with Crippen LogP contribution in [0.4, 0.5) is 0 Å². The molecule has 1 aliphatic rings. The molecule has 1 aromatic carbocycles. The van der Waals surface area contributed by atoms with Gasteiger partial charge in [0.1, 0.15) is 0 Å². The van der Waals surface area contributed by atoms with Crippen LogP contribution in [0.5, 0.6) is 0 Å². The molecule has 1 heterocycles. The molecule has 2 heteroatoms. The Labute approximate surface area is 89.8 Å². The molecule has 0 saturated carbocycles. The first-order chi connectivity index (χ1) is 6.48. The average Bonchev–Trinajstić information content (AvgIpc) is 2.50. The standard InChI is InChI=1S/C12H14ClN/c1-12(2,3)9-4-8-6-14-7-10(8)11(13)5-9/h4-5,7H,6H2,1-3H3. The van der Waals surface area contributed by atoms with Gasteiger partial charge < -0.3 is 0 Å². The molecular formula is C12H14ClN. The van der Waals surface area contributed by atoms with E-state index in [9.17, 15) is 0 Å². The van der Waals surface area contributed by atoms with Gasteiger partial charge in [-0.15, -0.1) is 0 Å². The highest BCUT2D eigenvalue weighted by Crippen LogP contribution is 2.31.